The summed E-state index contributed by atoms with van der Waals surface area (Å²) < 4.78 is 1.84. The van der Waals surface area contributed by atoms with Gasteiger partial charge >= 0.3 is 0 Å². The van der Waals surface area contributed by atoms with Crippen LogP contribution in [0.5, 0.6) is 0 Å². The molecular formula is C16H22N6. The van der Waals surface area contributed by atoms with Gasteiger partial charge in [0.15, 0.2) is 0 Å². The topological polar surface area (TPSA) is 67.7 Å². The number of rotatable bonds is 3. The molecule has 3 heterocycles. The minimum Gasteiger partial charge on any atom is -0.366 e. The molecule has 2 fully saturated rings. The van der Waals surface area contributed by atoms with E-state index in [1.54, 1.807) is 0 Å². The predicted molar refractivity (Wildman–Crippen MR) is 85.5 cm³/mol. The van der Waals surface area contributed by atoms with Crippen molar-refractivity contribution in [3.8, 4) is 11.4 Å². The zero-order valence-corrected chi connectivity index (χ0v) is 13.1. The van der Waals surface area contributed by atoms with Crippen molar-refractivity contribution >= 4 is 5.82 Å². The molecule has 1 saturated heterocycles. The minimum atomic E-state index is 0.538. The van der Waals surface area contributed by atoms with Crippen LogP contribution in [0.2, 0.25) is 0 Å². The van der Waals surface area contributed by atoms with Crippen LogP contribution in [-0.4, -0.2) is 39.1 Å². The summed E-state index contributed by atoms with van der Waals surface area (Å²) in [7, 11) is 1.93. The fraction of sp³-hybridized carbons (Fsp3) is 0.562. The Morgan fingerprint density at radius 3 is 2.55 bits per heavy atom. The Morgan fingerprint density at radius 2 is 1.95 bits per heavy atom. The summed E-state index contributed by atoms with van der Waals surface area (Å²) in [6.07, 6.45) is 4.33. The van der Waals surface area contributed by atoms with Gasteiger partial charge in [-0.1, -0.05) is 0 Å². The maximum absolute atomic E-state index is 4.37. The van der Waals surface area contributed by atoms with E-state index in [1.165, 1.54) is 25.9 Å². The third-order valence-electron chi connectivity index (χ3n) is 5.04. The highest BCUT2D eigenvalue weighted by Crippen LogP contribution is 2.35. The Morgan fingerprint density at radius 1 is 1.18 bits per heavy atom. The van der Waals surface area contributed by atoms with Crippen molar-refractivity contribution in [2.24, 2.45) is 18.9 Å². The van der Waals surface area contributed by atoms with E-state index in [2.05, 4.69) is 25.9 Å². The highest BCUT2D eigenvalue weighted by atomic mass is 15.3. The molecule has 0 bridgehead atoms. The zero-order valence-electron chi connectivity index (χ0n) is 13.1. The van der Waals surface area contributed by atoms with Crippen LogP contribution in [0.4, 0.5) is 5.82 Å². The van der Waals surface area contributed by atoms with Crippen LogP contribution in [0.3, 0.4) is 0 Å². The molecule has 1 aliphatic heterocycles. The first-order chi connectivity index (χ1) is 10.7. The number of aryl methyl sites for hydroxylation is 2. The van der Waals surface area contributed by atoms with Gasteiger partial charge in [-0.3, -0.25) is 4.68 Å². The van der Waals surface area contributed by atoms with Crippen LogP contribution in [-0.2, 0) is 7.05 Å². The molecular weight excluding hydrogens is 276 g/mol. The molecule has 6 nitrogen and oxygen atoms in total. The smallest absolute Gasteiger partial charge is 0.148 e. The third-order valence-corrected chi connectivity index (χ3v) is 5.04. The van der Waals surface area contributed by atoms with Crippen molar-refractivity contribution in [2.75, 3.05) is 18.4 Å². The van der Waals surface area contributed by atoms with E-state index in [1.807, 2.05) is 37.0 Å². The zero-order chi connectivity index (χ0) is 15.1. The lowest BCUT2D eigenvalue weighted by Gasteiger charge is -2.14. The molecule has 1 aliphatic carbocycles. The van der Waals surface area contributed by atoms with Gasteiger partial charge in [-0.05, 0) is 62.4 Å². The Labute approximate surface area is 130 Å². The molecule has 4 rings (SSSR count). The average Bonchev–Trinajstić information content (AvgIpc) is 3.16. The van der Waals surface area contributed by atoms with E-state index < -0.39 is 0 Å². The molecule has 0 radical (unpaired) electrons. The first kappa shape index (κ1) is 13.7. The summed E-state index contributed by atoms with van der Waals surface area (Å²) in [5.74, 6) is 2.55. The summed E-state index contributed by atoms with van der Waals surface area (Å²) >= 11 is 0. The van der Waals surface area contributed by atoms with Gasteiger partial charge in [0.2, 0.25) is 0 Å². The molecule has 22 heavy (non-hydrogen) atoms. The van der Waals surface area contributed by atoms with Crippen LogP contribution >= 0.6 is 0 Å². The van der Waals surface area contributed by atoms with Crippen LogP contribution in [0, 0.1) is 18.8 Å². The standard InChI is InChI=1S/C16H22N6/c1-10-7-18-22(2)16(10)14-3-4-15(21-20-14)19-13-5-11-8-17-9-12(11)6-13/h3-4,7,11-13,17H,5-6,8-9H2,1-2H3,(H,19,21)/t11-,12+,13?. The second kappa shape index (κ2) is 5.35. The van der Waals surface area contributed by atoms with Crippen molar-refractivity contribution in [3.63, 3.8) is 0 Å². The second-order valence-electron chi connectivity index (χ2n) is 6.59. The molecule has 2 aliphatic rings. The van der Waals surface area contributed by atoms with Gasteiger partial charge < -0.3 is 10.6 Å². The molecule has 1 unspecified atom stereocenters. The van der Waals surface area contributed by atoms with Gasteiger partial charge in [-0.25, -0.2) is 0 Å². The summed E-state index contributed by atoms with van der Waals surface area (Å²) in [5.41, 5.74) is 3.02. The maximum Gasteiger partial charge on any atom is 0.148 e. The first-order valence-corrected chi connectivity index (χ1v) is 8.00. The van der Waals surface area contributed by atoms with E-state index >= 15 is 0 Å². The molecule has 2 aromatic heterocycles. The Balaban J connectivity index is 1.46. The van der Waals surface area contributed by atoms with Gasteiger partial charge in [-0.15, -0.1) is 10.2 Å². The fourth-order valence-electron chi connectivity index (χ4n) is 3.94. The lowest BCUT2D eigenvalue weighted by atomic mass is 10.0. The lowest BCUT2D eigenvalue weighted by molar-refractivity contribution is 0.494. The highest BCUT2D eigenvalue weighted by molar-refractivity contribution is 5.59. The Kier molecular flexibility index (Phi) is 3.33. The second-order valence-corrected chi connectivity index (χ2v) is 6.59. The summed E-state index contributed by atoms with van der Waals surface area (Å²) in [5, 5.41) is 20.0. The number of anilines is 1. The Hall–Kier alpha value is -1.95. The maximum atomic E-state index is 4.37. The van der Waals surface area contributed by atoms with Gasteiger partial charge in [0, 0.05) is 13.1 Å². The van der Waals surface area contributed by atoms with E-state index in [-0.39, 0.29) is 0 Å². The van der Waals surface area contributed by atoms with E-state index in [4.69, 9.17) is 0 Å². The quantitative estimate of drug-likeness (QED) is 0.901. The summed E-state index contributed by atoms with van der Waals surface area (Å²) in [6.45, 7) is 4.39. The number of nitrogens with one attached hydrogen (secondary N) is 2. The molecule has 6 heteroatoms. The molecule has 0 aromatic carbocycles. The van der Waals surface area contributed by atoms with Gasteiger partial charge in [0.05, 0.1) is 11.9 Å². The first-order valence-electron chi connectivity index (χ1n) is 8.00. The summed E-state index contributed by atoms with van der Waals surface area (Å²) in [6, 6.07) is 4.59. The molecule has 116 valence electrons. The van der Waals surface area contributed by atoms with Crippen molar-refractivity contribution in [2.45, 2.75) is 25.8 Å². The minimum absolute atomic E-state index is 0.538. The predicted octanol–water partition coefficient (Wildman–Crippen LogP) is 1.60. The normalized spacial score (nSPS) is 27.1. The van der Waals surface area contributed by atoms with Gasteiger partial charge in [-0.2, -0.15) is 5.10 Å². The number of nitrogens with zero attached hydrogens (tertiary/aromatic N) is 4. The van der Waals surface area contributed by atoms with Gasteiger partial charge in [0.25, 0.3) is 0 Å². The van der Waals surface area contributed by atoms with Crippen LogP contribution in [0.25, 0.3) is 11.4 Å². The number of hydrogen-bond donors (Lipinski definition) is 2. The van der Waals surface area contributed by atoms with E-state index in [9.17, 15) is 0 Å². The molecule has 0 amide bonds. The third kappa shape index (κ3) is 2.37. The monoisotopic (exact) mass is 298 g/mol. The van der Waals surface area contributed by atoms with Crippen LogP contribution < -0.4 is 10.6 Å². The Bertz CT molecular complexity index is 630. The lowest BCUT2D eigenvalue weighted by Crippen LogP contribution is -2.21. The molecule has 2 aromatic rings. The molecule has 3 atom stereocenters. The van der Waals surface area contributed by atoms with Crippen LogP contribution in [0.1, 0.15) is 18.4 Å². The largest absolute Gasteiger partial charge is 0.366 e. The van der Waals surface area contributed by atoms with Crippen molar-refractivity contribution in [3.05, 3.63) is 23.9 Å². The SMILES string of the molecule is Cc1cnn(C)c1-c1ccc(NC2C[C@H]3CNC[C@H]3C2)nn1. The highest BCUT2D eigenvalue weighted by Gasteiger charge is 2.37. The van der Waals surface area contributed by atoms with E-state index in [0.29, 0.717) is 6.04 Å². The van der Waals surface area contributed by atoms with Crippen molar-refractivity contribution in [1.82, 2.24) is 25.3 Å². The number of fused-ring (bicyclic) bond motifs is 1. The van der Waals surface area contributed by atoms with Gasteiger partial charge in [0.1, 0.15) is 11.5 Å². The van der Waals surface area contributed by atoms with Crippen molar-refractivity contribution in [1.29, 1.82) is 0 Å². The molecule has 2 N–H and O–H groups in total. The summed E-state index contributed by atoms with van der Waals surface area (Å²) in [4.78, 5) is 0. The molecule has 0 spiro atoms. The number of hydrogen-bond acceptors (Lipinski definition) is 5. The van der Waals surface area contributed by atoms with E-state index in [0.717, 1.165) is 34.6 Å². The van der Waals surface area contributed by atoms with Crippen LogP contribution in [0.15, 0.2) is 18.3 Å². The number of aromatic nitrogens is 4. The average molecular weight is 298 g/mol. The molecule has 1 saturated carbocycles. The fourth-order valence-corrected chi connectivity index (χ4v) is 3.94. The van der Waals surface area contributed by atoms with Crippen molar-refractivity contribution < 1.29 is 0 Å².